The van der Waals surface area contributed by atoms with Gasteiger partial charge in [-0.25, -0.2) is 0 Å². The molecule has 2 amide bonds. The van der Waals surface area contributed by atoms with Crippen LogP contribution in [0.3, 0.4) is 0 Å². The highest BCUT2D eigenvalue weighted by molar-refractivity contribution is 6.37. The molecule has 0 saturated heterocycles. The second-order valence-electron chi connectivity index (χ2n) is 7.28. The van der Waals surface area contributed by atoms with Gasteiger partial charge in [0.15, 0.2) is 0 Å². The van der Waals surface area contributed by atoms with E-state index in [1.54, 1.807) is 24.3 Å². The van der Waals surface area contributed by atoms with Crippen LogP contribution < -0.4 is 5.32 Å². The predicted molar refractivity (Wildman–Crippen MR) is 120 cm³/mol. The Morgan fingerprint density at radius 3 is 2.37 bits per heavy atom. The van der Waals surface area contributed by atoms with Crippen LogP contribution in [-0.2, 0) is 14.3 Å². The van der Waals surface area contributed by atoms with Gasteiger partial charge in [0.05, 0.1) is 5.57 Å². The smallest absolute Gasteiger partial charge is 0.278 e. The van der Waals surface area contributed by atoms with Crippen LogP contribution in [0.25, 0.3) is 5.57 Å². The topological polar surface area (TPSA) is 58.6 Å². The van der Waals surface area contributed by atoms with Gasteiger partial charge in [0, 0.05) is 30.5 Å². The first-order valence-electron chi connectivity index (χ1n) is 10.3. The fraction of sp³-hybridized carbons (Fsp3) is 0.333. The summed E-state index contributed by atoms with van der Waals surface area (Å²) in [7, 11) is 0. The molecule has 0 bridgehead atoms. The van der Waals surface area contributed by atoms with Gasteiger partial charge in [0.1, 0.15) is 5.70 Å². The number of para-hydroxylation sites is 1. The molecule has 5 nitrogen and oxygen atoms in total. The van der Waals surface area contributed by atoms with E-state index in [4.69, 9.17) is 16.3 Å². The van der Waals surface area contributed by atoms with Crippen molar-refractivity contribution in [1.29, 1.82) is 0 Å². The van der Waals surface area contributed by atoms with Crippen LogP contribution in [0.1, 0.15) is 37.3 Å². The lowest BCUT2D eigenvalue weighted by Crippen LogP contribution is -2.34. The lowest BCUT2D eigenvalue weighted by molar-refractivity contribution is -0.137. The Bertz CT molecular complexity index is 938. The minimum Gasteiger partial charge on any atom is -0.381 e. The van der Waals surface area contributed by atoms with Gasteiger partial charge in [0.2, 0.25) is 0 Å². The number of hydrogen-bond donors (Lipinski definition) is 1. The molecule has 30 heavy (non-hydrogen) atoms. The van der Waals surface area contributed by atoms with Crippen molar-refractivity contribution in [2.75, 3.05) is 25.1 Å². The quantitative estimate of drug-likeness (QED) is 0.426. The van der Waals surface area contributed by atoms with Crippen LogP contribution in [-0.4, -0.2) is 36.5 Å². The molecule has 0 saturated carbocycles. The van der Waals surface area contributed by atoms with Gasteiger partial charge >= 0.3 is 0 Å². The summed E-state index contributed by atoms with van der Waals surface area (Å²) in [5.41, 5.74) is 3.11. The SMILES string of the molecule is CCCCOCCCN1C(=O)C(Nc2ccccc2C)=C(c2ccc(Cl)cc2)C1=O. The molecular formula is C24H27ClN2O3. The molecule has 1 aliphatic heterocycles. The van der Waals surface area contributed by atoms with E-state index in [0.717, 1.165) is 24.1 Å². The number of aryl methyl sites for hydroxylation is 1. The highest BCUT2D eigenvalue weighted by Gasteiger charge is 2.38. The number of unbranched alkanes of at least 4 members (excludes halogenated alkanes) is 1. The number of benzene rings is 2. The molecule has 3 rings (SSSR count). The molecule has 2 aromatic rings. The molecule has 158 valence electrons. The summed E-state index contributed by atoms with van der Waals surface area (Å²) >= 11 is 6.01. The summed E-state index contributed by atoms with van der Waals surface area (Å²) in [4.78, 5) is 27.7. The maximum atomic E-state index is 13.2. The average molecular weight is 427 g/mol. The van der Waals surface area contributed by atoms with Gasteiger partial charge < -0.3 is 10.1 Å². The van der Waals surface area contributed by atoms with E-state index in [2.05, 4.69) is 12.2 Å². The fourth-order valence-electron chi connectivity index (χ4n) is 3.30. The number of hydrogen-bond acceptors (Lipinski definition) is 4. The van der Waals surface area contributed by atoms with E-state index in [1.807, 2.05) is 31.2 Å². The van der Waals surface area contributed by atoms with E-state index in [0.29, 0.717) is 48.0 Å². The Morgan fingerprint density at radius 1 is 0.967 bits per heavy atom. The molecule has 2 aromatic carbocycles. The third-order valence-electron chi connectivity index (χ3n) is 5.02. The standard InChI is InChI=1S/C24H27ClN2O3/c1-3-4-15-30-16-7-14-27-23(28)21(18-10-12-19(25)13-11-18)22(24(27)29)26-20-9-6-5-8-17(20)2/h5-6,8-13,26H,3-4,7,14-16H2,1-2H3. The van der Waals surface area contributed by atoms with Gasteiger partial charge in [-0.05, 0) is 49.1 Å². The summed E-state index contributed by atoms with van der Waals surface area (Å²) in [6.45, 7) is 5.61. The first-order chi connectivity index (χ1) is 14.5. The molecule has 6 heteroatoms. The number of halogens is 1. The molecule has 0 spiro atoms. The maximum Gasteiger partial charge on any atom is 0.278 e. The van der Waals surface area contributed by atoms with Gasteiger partial charge in [-0.2, -0.15) is 0 Å². The zero-order valence-corrected chi connectivity index (χ0v) is 18.2. The van der Waals surface area contributed by atoms with Crippen molar-refractivity contribution in [3.63, 3.8) is 0 Å². The highest BCUT2D eigenvalue weighted by atomic mass is 35.5. The average Bonchev–Trinajstić information content (AvgIpc) is 2.97. The summed E-state index contributed by atoms with van der Waals surface area (Å²) in [5.74, 6) is -0.617. The van der Waals surface area contributed by atoms with Crippen molar-refractivity contribution in [3.05, 3.63) is 70.4 Å². The van der Waals surface area contributed by atoms with Gasteiger partial charge in [-0.1, -0.05) is 55.3 Å². The van der Waals surface area contributed by atoms with E-state index in [1.165, 1.54) is 4.90 Å². The molecule has 0 atom stereocenters. The summed E-state index contributed by atoms with van der Waals surface area (Å²) in [5, 5.41) is 3.78. The maximum absolute atomic E-state index is 13.2. The Morgan fingerprint density at radius 2 is 1.67 bits per heavy atom. The van der Waals surface area contributed by atoms with Crippen molar-refractivity contribution in [2.24, 2.45) is 0 Å². The number of nitrogens with one attached hydrogen (secondary N) is 1. The van der Waals surface area contributed by atoms with Crippen LogP contribution >= 0.6 is 11.6 Å². The number of ether oxygens (including phenoxy) is 1. The number of rotatable bonds is 10. The molecule has 1 heterocycles. The van der Waals surface area contributed by atoms with Crippen molar-refractivity contribution in [1.82, 2.24) is 4.90 Å². The molecule has 1 aliphatic rings. The summed E-state index contributed by atoms with van der Waals surface area (Å²) in [6, 6.07) is 14.6. The Labute approximate surface area is 182 Å². The lowest BCUT2D eigenvalue weighted by atomic mass is 10.0. The van der Waals surface area contributed by atoms with Gasteiger partial charge in [-0.15, -0.1) is 0 Å². The number of amides is 2. The van der Waals surface area contributed by atoms with E-state index in [-0.39, 0.29) is 11.8 Å². The number of carbonyl (C=O) groups is 2. The third-order valence-corrected chi connectivity index (χ3v) is 5.27. The molecule has 0 fully saturated rings. The van der Waals surface area contributed by atoms with Crippen molar-refractivity contribution in [3.8, 4) is 0 Å². The number of carbonyl (C=O) groups excluding carboxylic acids is 2. The van der Waals surface area contributed by atoms with Crippen molar-refractivity contribution >= 4 is 34.7 Å². The molecule has 0 aromatic heterocycles. The fourth-order valence-corrected chi connectivity index (χ4v) is 3.43. The summed E-state index contributed by atoms with van der Waals surface area (Å²) < 4.78 is 5.57. The van der Waals surface area contributed by atoms with Gasteiger partial charge in [-0.3, -0.25) is 14.5 Å². The third kappa shape index (κ3) is 5.10. The monoisotopic (exact) mass is 426 g/mol. The van der Waals surface area contributed by atoms with Gasteiger partial charge in [0.25, 0.3) is 11.8 Å². The zero-order valence-electron chi connectivity index (χ0n) is 17.4. The van der Waals surface area contributed by atoms with E-state index < -0.39 is 0 Å². The zero-order chi connectivity index (χ0) is 21.5. The molecule has 0 unspecified atom stereocenters. The van der Waals surface area contributed by atoms with Crippen LogP contribution in [0.2, 0.25) is 5.02 Å². The molecular weight excluding hydrogens is 400 g/mol. The molecule has 1 N–H and O–H groups in total. The second kappa shape index (κ2) is 10.4. The largest absolute Gasteiger partial charge is 0.381 e. The normalized spacial score (nSPS) is 14.0. The van der Waals surface area contributed by atoms with Crippen LogP contribution in [0.15, 0.2) is 54.2 Å². The van der Waals surface area contributed by atoms with Crippen LogP contribution in [0.5, 0.6) is 0 Å². The number of anilines is 1. The van der Waals surface area contributed by atoms with Crippen molar-refractivity contribution < 1.29 is 14.3 Å². The Kier molecular flexibility index (Phi) is 7.66. The second-order valence-corrected chi connectivity index (χ2v) is 7.71. The molecule has 0 aliphatic carbocycles. The van der Waals surface area contributed by atoms with Crippen LogP contribution in [0.4, 0.5) is 5.69 Å². The van der Waals surface area contributed by atoms with E-state index >= 15 is 0 Å². The first-order valence-corrected chi connectivity index (χ1v) is 10.7. The van der Waals surface area contributed by atoms with Crippen molar-refractivity contribution in [2.45, 2.75) is 33.1 Å². The number of imide groups is 1. The minimum absolute atomic E-state index is 0.295. The van der Waals surface area contributed by atoms with E-state index in [9.17, 15) is 9.59 Å². The lowest BCUT2D eigenvalue weighted by Gasteiger charge is -2.15. The molecule has 0 radical (unpaired) electrons. The Hall–Kier alpha value is -2.63. The highest BCUT2D eigenvalue weighted by Crippen LogP contribution is 2.31. The number of nitrogens with zero attached hydrogens (tertiary/aromatic N) is 1. The first kappa shape index (κ1) is 22.1. The Balaban J connectivity index is 1.83. The predicted octanol–water partition coefficient (Wildman–Crippen LogP) is 5.05. The van der Waals surface area contributed by atoms with Crippen LogP contribution in [0, 0.1) is 6.92 Å². The summed E-state index contributed by atoms with van der Waals surface area (Å²) in [6.07, 6.45) is 2.69. The minimum atomic E-state index is -0.318.